The smallest absolute Gasteiger partial charge is 0.408 e. The minimum absolute atomic E-state index is 0.279. The van der Waals surface area contributed by atoms with E-state index in [1.54, 1.807) is 46.8 Å². The zero-order valence-corrected chi connectivity index (χ0v) is 18.1. The summed E-state index contributed by atoms with van der Waals surface area (Å²) in [5.41, 5.74) is 1.21. The van der Waals surface area contributed by atoms with Crippen molar-refractivity contribution >= 4 is 23.0 Å². The zero-order chi connectivity index (χ0) is 21.9. The SMILES string of the molecule is CCC[C@@H](NC(=O)OC(C)(C)C)C(=O)Oc1ccc2c(C)c(C)c(=O)oc2c1C. The van der Waals surface area contributed by atoms with Crippen molar-refractivity contribution in [3.8, 4) is 5.75 Å². The Morgan fingerprint density at radius 1 is 1.10 bits per heavy atom. The van der Waals surface area contributed by atoms with E-state index in [1.165, 1.54) is 0 Å². The van der Waals surface area contributed by atoms with Crippen LogP contribution >= 0.6 is 0 Å². The first-order valence-electron chi connectivity index (χ1n) is 9.69. The van der Waals surface area contributed by atoms with Crippen LogP contribution in [0.5, 0.6) is 5.75 Å². The van der Waals surface area contributed by atoms with Crippen LogP contribution in [0.1, 0.15) is 57.2 Å². The molecule has 1 amide bonds. The Bertz CT molecular complexity index is 983. The maximum atomic E-state index is 12.7. The minimum atomic E-state index is -0.850. The molecule has 29 heavy (non-hydrogen) atoms. The van der Waals surface area contributed by atoms with E-state index in [0.29, 0.717) is 29.6 Å². The molecule has 7 nitrogen and oxygen atoms in total. The quantitative estimate of drug-likeness (QED) is 0.454. The van der Waals surface area contributed by atoms with Crippen molar-refractivity contribution in [1.29, 1.82) is 0 Å². The van der Waals surface area contributed by atoms with Crippen molar-refractivity contribution in [2.75, 3.05) is 0 Å². The van der Waals surface area contributed by atoms with E-state index in [4.69, 9.17) is 13.9 Å². The Morgan fingerprint density at radius 2 is 1.76 bits per heavy atom. The number of amides is 1. The van der Waals surface area contributed by atoms with Crippen molar-refractivity contribution < 1.29 is 23.5 Å². The molecule has 1 heterocycles. The number of nitrogens with one attached hydrogen (secondary N) is 1. The van der Waals surface area contributed by atoms with Crippen molar-refractivity contribution in [3.63, 3.8) is 0 Å². The summed E-state index contributed by atoms with van der Waals surface area (Å²) in [6.45, 7) is 12.4. The number of hydrogen-bond acceptors (Lipinski definition) is 6. The van der Waals surface area contributed by atoms with Gasteiger partial charge in [0.15, 0.2) is 0 Å². The molecule has 0 fully saturated rings. The van der Waals surface area contributed by atoms with Crippen LogP contribution in [0.2, 0.25) is 0 Å². The Labute approximate surface area is 170 Å². The molecule has 0 aliphatic rings. The fourth-order valence-electron chi connectivity index (χ4n) is 2.90. The number of ether oxygens (including phenoxy) is 2. The number of esters is 1. The summed E-state index contributed by atoms with van der Waals surface area (Å²) in [6, 6.07) is 2.57. The number of hydrogen-bond donors (Lipinski definition) is 1. The Balaban J connectivity index is 2.28. The fourth-order valence-corrected chi connectivity index (χ4v) is 2.90. The second kappa shape index (κ2) is 8.68. The number of carbonyl (C=O) groups excluding carboxylic acids is 2. The van der Waals surface area contributed by atoms with E-state index in [0.717, 1.165) is 10.9 Å². The average molecular weight is 403 g/mol. The highest BCUT2D eigenvalue weighted by atomic mass is 16.6. The molecule has 0 aliphatic carbocycles. The van der Waals surface area contributed by atoms with Gasteiger partial charge in [-0.05, 0) is 65.7 Å². The molecule has 0 spiro atoms. The minimum Gasteiger partial charge on any atom is -0.444 e. The summed E-state index contributed by atoms with van der Waals surface area (Å²) >= 11 is 0. The number of aryl methyl sites for hydroxylation is 2. The predicted molar refractivity (Wildman–Crippen MR) is 110 cm³/mol. The molecule has 0 saturated heterocycles. The van der Waals surface area contributed by atoms with Gasteiger partial charge in [-0.15, -0.1) is 0 Å². The Hall–Kier alpha value is -2.83. The van der Waals surface area contributed by atoms with Crippen LogP contribution in [0, 0.1) is 20.8 Å². The molecule has 0 bridgehead atoms. The van der Waals surface area contributed by atoms with Crippen LogP contribution < -0.4 is 15.7 Å². The van der Waals surface area contributed by atoms with Crippen molar-refractivity contribution in [1.82, 2.24) is 5.32 Å². The molecule has 1 N–H and O–H groups in total. The van der Waals surface area contributed by atoms with E-state index < -0.39 is 29.3 Å². The van der Waals surface area contributed by atoms with Crippen LogP contribution in [-0.4, -0.2) is 23.7 Å². The molecule has 7 heteroatoms. The van der Waals surface area contributed by atoms with Gasteiger partial charge in [-0.2, -0.15) is 0 Å². The molecule has 2 aromatic rings. The number of rotatable bonds is 5. The van der Waals surface area contributed by atoms with Crippen LogP contribution in [0.15, 0.2) is 21.3 Å². The highest BCUT2D eigenvalue weighted by Gasteiger charge is 2.26. The average Bonchev–Trinajstić information content (AvgIpc) is 2.60. The first kappa shape index (κ1) is 22.5. The standard InChI is InChI=1S/C22H29NO6/c1-8-9-16(23-21(26)29-22(5,6)7)20(25)27-17-11-10-15-12(2)13(3)19(24)28-18(15)14(17)4/h10-11,16H,8-9H2,1-7H3,(H,23,26)/t16-/m1/s1. The van der Waals surface area contributed by atoms with Gasteiger partial charge in [-0.3, -0.25) is 0 Å². The van der Waals surface area contributed by atoms with E-state index >= 15 is 0 Å². The molecular weight excluding hydrogens is 374 g/mol. The largest absolute Gasteiger partial charge is 0.444 e. The molecule has 0 unspecified atom stereocenters. The number of alkyl carbamates (subject to hydrolysis) is 1. The summed E-state index contributed by atoms with van der Waals surface area (Å²) < 4.78 is 16.2. The van der Waals surface area contributed by atoms with E-state index in [1.807, 2.05) is 13.8 Å². The van der Waals surface area contributed by atoms with Crippen LogP contribution in [-0.2, 0) is 9.53 Å². The first-order chi connectivity index (χ1) is 13.4. The van der Waals surface area contributed by atoms with Gasteiger partial charge >= 0.3 is 17.7 Å². The van der Waals surface area contributed by atoms with E-state index in [2.05, 4.69) is 5.32 Å². The van der Waals surface area contributed by atoms with Crippen molar-refractivity contribution in [3.05, 3.63) is 39.2 Å². The maximum absolute atomic E-state index is 12.7. The molecule has 1 atom stereocenters. The summed E-state index contributed by atoms with van der Waals surface area (Å²) in [6.07, 6.45) is 0.387. The third kappa shape index (κ3) is 5.37. The Morgan fingerprint density at radius 3 is 2.34 bits per heavy atom. The van der Waals surface area contributed by atoms with E-state index in [9.17, 15) is 14.4 Å². The third-order valence-electron chi connectivity index (χ3n) is 4.59. The second-order valence-electron chi connectivity index (χ2n) is 8.11. The molecule has 0 radical (unpaired) electrons. The first-order valence-corrected chi connectivity index (χ1v) is 9.69. The highest BCUT2D eigenvalue weighted by Crippen LogP contribution is 2.29. The third-order valence-corrected chi connectivity index (χ3v) is 4.59. The lowest BCUT2D eigenvalue weighted by molar-refractivity contribution is -0.137. The van der Waals surface area contributed by atoms with Crippen molar-refractivity contribution in [2.45, 2.75) is 73.0 Å². The molecule has 2 rings (SSSR count). The van der Waals surface area contributed by atoms with Gasteiger partial charge < -0.3 is 19.2 Å². The summed E-state index contributed by atoms with van der Waals surface area (Å²) in [7, 11) is 0. The molecule has 158 valence electrons. The van der Waals surface area contributed by atoms with Gasteiger partial charge in [-0.25, -0.2) is 14.4 Å². The van der Waals surface area contributed by atoms with Gasteiger partial charge in [0, 0.05) is 16.5 Å². The van der Waals surface area contributed by atoms with Crippen LogP contribution in [0.25, 0.3) is 11.0 Å². The second-order valence-corrected chi connectivity index (χ2v) is 8.11. The lowest BCUT2D eigenvalue weighted by Crippen LogP contribution is -2.45. The normalized spacial score (nSPS) is 12.5. The van der Waals surface area contributed by atoms with Crippen molar-refractivity contribution in [2.24, 2.45) is 0 Å². The highest BCUT2D eigenvalue weighted by molar-refractivity contribution is 5.88. The predicted octanol–water partition coefficient (Wildman–Crippen LogP) is 4.32. The lowest BCUT2D eigenvalue weighted by atomic mass is 10.0. The molecular formula is C22H29NO6. The van der Waals surface area contributed by atoms with Gasteiger partial charge in [0.05, 0.1) is 0 Å². The molecule has 0 aliphatic heterocycles. The topological polar surface area (TPSA) is 94.8 Å². The van der Waals surface area contributed by atoms with Gasteiger partial charge in [0.2, 0.25) is 0 Å². The lowest BCUT2D eigenvalue weighted by Gasteiger charge is -2.23. The molecule has 0 saturated carbocycles. The van der Waals surface area contributed by atoms with Crippen LogP contribution in [0.4, 0.5) is 4.79 Å². The maximum Gasteiger partial charge on any atom is 0.408 e. The number of benzene rings is 1. The van der Waals surface area contributed by atoms with Gasteiger partial charge in [0.1, 0.15) is 23.0 Å². The summed E-state index contributed by atoms with van der Waals surface area (Å²) in [4.78, 5) is 36.8. The molecule has 1 aromatic carbocycles. The summed E-state index contributed by atoms with van der Waals surface area (Å²) in [5.74, 6) is -0.327. The number of carbonyl (C=O) groups is 2. The Kier molecular flexibility index (Phi) is 6.72. The molecule has 1 aromatic heterocycles. The summed E-state index contributed by atoms with van der Waals surface area (Å²) in [5, 5.41) is 3.36. The fraction of sp³-hybridized carbons (Fsp3) is 0.500. The monoisotopic (exact) mass is 403 g/mol. The van der Waals surface area contributed by atoms with Gasteiger partial charge in [0.25, 0.3) is 0 Å². The van der Waals surface area contributed by atoms with Crippen LogP contribution in [0.3, 0.4) is 0 Å². The van der Waals surface area contributed by atoms with E-state index in [-0.39, 0.29) is 5.75 Å². The number of fused-ring (bicyclic) bond motifs is 1. The van der Waals surface area contributed by atoms with Gasteiger partial charge in [-0.1, -0.05) is 13.3 Å². The zero-order valence-electron chi connectivity index (χ0n) is 18.1.